The Hall–Kier alpha value is -1.06. The highest BCUT2D eigenvalue weighted by molar-refractivity contribution is 6.30. The number of hydrogen-bond donors (Lipinski definition) is 1. The fourth-order valence-electron chi connectivity index (χ4n) is 1.04. The minimum Gasteiger partial charge on any atom is -0.469 e. The van der Waals surface area contributed by atoms with Crippen LogP contribution in [0.4, 0.5) is 0 Å². The number of methoxy groups -OCH3 is 1. The molecule has 0 fully saturated rings. The highest BCUT2D eigenvalue weighted by Crippen LogP contribution is 2.19. The first-order valence-electron chi connectivity index (χ1n) is 4.14. The zero-order chi connectivity index (χ0) is 10.6. The van der Waals surface area contributed by atoms with Crippen molar-refractivity contribution < 1.29 is 14.6 Å². The maximum absolute atomic E-state index is 10.9. The van der Waals surface area contributed by atoms with E-state index in [9.17, 15) is 9.90 Å². The zero-order valence-corrected chi connectivity index (χ0v) is 8.49. The quantitative estimate of drug-likeness (QED) is 0.783. The lowest BCUT2D eigenvalue weighted by atomic mass is 10.1. The molecular weight excluding hydrogens is 204 g/mol. The second-order valence-corrected chi connectivity index (χ2v) is 3.28. The van der Waals surface area contributed by atoms with E-state index in [-0.39, 0.29) is 6.42 Å². The Bertz CT molecular complexity index is 308. The van der Waals surface area contributed by atoms with Gasteiger partial charge in [-0.1, -0.05) is 23.7 Å². The summed E-state index contributed by atoms with van der Waals surface area (Å²) in [5.41, 5.74) is 0.653. The van der Waals surface area contributed by atoms with Gasteiger partial charge in [0.05, 0.1) is 19.6 Å². The molecule has 0 aliphatic rings. The topological polar surface area (TPSA) is 46.5 Å². The Kier molecular flexibility index (Phi) is 3.92. The number of hydrogen-bond acceptors (Lipinski definition) is 3. The molecular formula is C10H11ClO3. The lowest BCUT2D eigenvalue weighted by Gasteiger charge is -2.08. The van der Waals surface area contributed by atoms with E-state index in [2.05, 4.69) is 4.74 Å². The van der Waals surface area contributed by atoms with Gasteiger partial charge >= 0.3 is 5.97 Å². The number of aliphatic hydroxyl groups excluding tert-OH is 1. The summed E-state index contributed by atoms with van der Waals surface area (Å²) >= 11 is 5.68. The maximum Gasteiger partial charge on any atom is 0.308 e. The van der Waals surface area contributed by atoms with E-state index in [0.29, 0.717) is 10.6 Å². The van der Waals surface area contributed by atoms with Crippen molar-refractivity contribution in [2.45, 2.75) is 12.5 Å². The first-order valence-corrected chi connectivity index (χ1v) is 4.51. The first kappa shape index (κ1) is 11.0. The Balaban J connectivity index is 2.65. The Morgan fingerprint density at radius 3 is 2.57 bits per heavy atom. The van der Waals surface area contributed by atoms with E-state index in [1.807, 2.05) is 0 Å². The molecule has 0 spiro atoms. The summed E-state index contributed by atoms with van der Waals surface area (Å²) < 4.78 is 4.44. The molecule has 76 valence electrons. The minimum atomic E-state index is -0.834. The van der Waals surface area contributed by atoms with Crippen LogP contribution in [0.1, 0.15) is 18.1 Å². The summed E-state index contributed by atoms with van der Waals surface area (Å²) in [6, 6.07) is 6.68. The number of carbonyl (C=O) groups is 1. The lowest BCUT2D eigenvalue weighted by Crippen LogP contribution is -2.07. The Labute approximate surface area is 87.3 Å². The van der Waals surface area contributed by atoms with Gasteiger partial charge in [0.25, 0.3) is 0 Å². The average molecular weight is 215 g/mol. The second-order valence-electron chi connectivity index (χ2n) is 2.85. The molecule has 1 rings (SSSR count). The molecule has 14 heavy (non-hydrogen) atoms. The molecule has 0 aromatic heterocycles. The third-order valence-corrected chi connectivity index (χ3v) is 2.09. The number of rotatable bonds is 3. The fourth-order valence-corrected chi connectivity index (χ4v) is 1.17. The number of aliphatic hydroxyl groups is 1. The predicted molar refractivity (Wildman–Crippen MR) is 53.0 cm³/mol. The SMILES string of the molecule is COC(=O)C[C@H](O)c1ccc(Cl)cc1. The van der Waals surface area contributed by atoms with E-state index in [4.69, 9.17) is 11.6 Å². The lowest BCUT2D eigenvalue weighted by molar-refractivity contribution is -0.142. The summed E-state index contributed by atoms with van der Waals surface area (Å²) in [6.45, 7) is 0. The fraction of sp³-hybridized carbons (Fsp3) is 0.300. The van der Waals surface area contributed by atoms with E-state index in [1.54, 1.807) is 24.3 Å². The Morgan fingerprint density at radius 2 is 2.07 bits per heavy atom. The molecule has 0 saturated heterocycles. The van der Waals surface area contributed by atoms with Gasteiger partial charge < -0.3 is 9.84 Å². The van der Waals surface area contributed by atoms with Crippen molar-refractivity contribution in [1.29, 1.82) is 0 Å². The van der Waals surface area contributed by atoms with Crippen LogP contribution in [0.3, 0.4) is 0 Å². The van der Waals surface area contributed by atoms with Gasteiger partial charge in [-0.05, 0) is 17.7 Å². The molecule has 1 atom stereocenters. The van der Waals surface area contributed by atoms with E-state index in [0.717, 1.165) is 0 Å². The van der Waals surface area contributed by atoms with Crippen molar-refractivity contribution in [2.24, 2.45) is 0 Å². The normalized spacial score (nSPS) is 12.2. The molecule has 1 aromatic carbocycles. The van der Waals surface area contributed by atoms with Crippen LogP contribution in [0.5, 0.6) is 0 Å². The second kappa shape index (κ2) is 4.98. The van der Waals surface area contributed by atoms with Gasteiger partial charge in [0.2, 0.25) is 0 Å². The van der Waals surface area contributed by atoms with Crippen LogP contribution in [-0.2, 0) is 9.53 Å². The van der Waals surface area contributed by atoms with Crippen molar-refractivity contribution in [1.82, 2.24) is 0 Å². The van der Waals surface area contributed by atoms with Crippen molar-refractivity contribution >= 4 is 17.6 Å². The highest BCUT2D eigenvalue weighted by atomic mass is 35.5. The van der Waals surface area contributed by atoms with Gasteiger partial charge in [-0.3, -0.25) is 4.79 Å². The molecule has 0 unspecified atom stereocenters. The van der Waals surface area contributed by atoms with Crippen molar-refractivity contribution in [2.75, 3.05) is 7.11 Å². The molecule has 0 heterocycles. The van der Waals surface area contributed by atoms with Gasteiger partial charge in [-0.25, -0.2) is 0 Å². The van der Waals surface area contributed by atoms with E-state index in [1.165, 1.54) is 7.11 Å². The van der Waals surface area contributed by atoms with Gasteiger partial charge in [0.15, 0.2) is 0 Å². The van der Waals surface area contributed by atoms with Gasteiger partial charge in [-0.15, -0.1) is 0 Å². The number of esters is 1. The molecule has 3 nitrogen and oxygen atoms in total. The van der Waals surface area contributed by atoms with E-state index < -0.39 is 12.1 Å². The molecule has 0 aliphatic heterocycles. The largest absolute Gasteiger partial charge is 0.469 e. The monoisotopic (exact) mass is 214 g/mol. The van der Waals surface area contributed by atoms with Crippen LogP contribution in [-0.4, -0.2) is 18.2 Å². The minimum absolute atomic E-state index is 0.0435. The van der Waals surface area contributed by atoms with Crippen LogP contribution in [0, 0.1) is 0 Å². The van der Waals surface area contributed by atoms with Crippen molar-refractivity contribution in [3.05, 3.63) is 34.9 Å². The van der Waals surface area contributed by atoms with Gasteiger partial charge in [0.1, 0.15) is 0 Å². The third kappa shape index (κ3) is 3.01. The zero-order valence-electron chi connectivity index (χ0n) is 7.74. The van der Waals surface area contributed by atoms with Crippen LogP contribution >= 0.6 is 11.6 Å². The molecule has 0 saturated carbocycles. The van der Waals surface area contributed by atoms with Crippen LogP contribution in [0.15, 0.2) is 24.3 Å². The number of ether oxygens (including phenoxy) is 1. The molecule has 0 aliphatic carbocycles. The number of carbonyl (C=O) groups excluding carboxylic acids is 1. The number of benzene rings is 1. The van der Waals surface area contributed by atoms with Crippen LogP contribution < -0.4 is 0 Å². The summed E-state index contributed by atoms with van der Waals surface area (Å²) in [5.74, 6) is -0.438. The predicted octanol–water partition coefficient (Wildman–Crippen LogP) is 1.94. The molecule has 0 bridgehead atoms. The third-order valence-electron chi connectivity index (χ3n) is 1.84. The standard InChI is InChI=1S/C10H11ClO3/c1-14-10(13)6-9(12)7-2-4-8(11)5-3-7/h2-5,9,12H,6H2,1H3/t9-/m0/s1. The summed E-state index contributed by atoms with van der Waals surface area (Å²) in [4.78, 5) is 10.9. The average Bonchev–Trinajstić information content (AvgIpc) is 2.18. The smallest absolute Gasteiger partial charge is 0.308 e. The summed E-state index contributed by atoms with van der Waals surface area (Å²) in [6.07, 6.45) is -0.877. The van der Waals surface area contributed by atoms with Crippen LogP contribution in [0.2, 0.25) is 5.02 Å². The van der Waals surface area contributed by atoms with Crippen molar-refractivity contribution in [3.63, 3.8) is 0 Å². The molecule has 1 N–H and O–H groups in total. The van der Waals surface area contributed by atoms with Gasteiger partial charge in [0, 0.05) is 5.02 Å². The molecule has 0 amide bonds. The van der Waals surface area contributed by atoms with E-state index >= 15 is 0 Å². The van der Waals surface area contributed by atoms with Crippen molar-refractivity contribution in [3.8, 4) is 0 Å². The van der Waals surface area contributed by atoms with Gasteiger partial charge in [-0.2, -0.15) is 0 Å². The molecule has 4 heteroatoms. The summed E-state index contributed by atoms with van der Waals surface area (Å²) in [7, 11) is 1.29. The maximum atomic E-state index is 10.9. The number of halogens is 1. The molecule has 1 aromatic rings. The highest BCUT2D eigenvalue weighted by Gasteiger charge is 2.12. The summed E-state index contributed by atoms with van der Waals surface area (Å²) in [5, 5.41) is 10.2. The molecule has 0 radical (unpaired) electrons. The first-order chi connectivity index (χ1) is 6.63. The Morgan fingerprint density at radius 1 is 1.50 bits per heavy atom. The van der Waals surface area contributed by atoms with Crippen LogP contribution in [0.25, 0.3) is 0 Å².